The van der Waals surface area contributed by atoms with Crippen molar-refractivity contribution < 1.29 is 33.0 Å². The van der Waals surface area contributed by atoms with Crippen LogP contribution in [0.2, 0.25) is 0 Å². The van der Waals surface area contributed by atoms with E-state index >= 15 is 0 Å². The molecule has 1 aliphatic carbocycles. The number of phenols is 1. The number of imidazole rings is 1. The molecular weight excluding hydrogens is 938 g/mol. The number of aryl methyl sites for hydroxylation is 1. The predicted octanol–water partition coefficient (Wildman–Crippen LogP) is 14.9. The molecule has 0 amide bonds. The molecule has 1 saturated carbocycles. The smallest absolute Gasteiger partial charge is 0.148 e. The summed E-state index contributed by atoms with van der Waals surface area (Å²) in [5.74, 6) is -0.779. The summed E-state index contributed by atoms with van der Waals surface area (Å²) in [5.41, 5.74) is 12.2. The van der Waals surface area contributed by atoms with Gasteiger partial charge in [0, 0.05) is 45.5 Å². The van der Waals surface area contributed by atoms with Gasteiger partial charge >= 0.3 is 0 Å². The second kappa shape index (κ2) is 17.3. The molecule has 2 aromatic heterocycles. The van der Waals surface area contributed by atoms with Crippen LogP contribution in [0.4, 0.5) is 0 Å². The topological polar surface area (TPSA) is 50.9 Å². The number of benzene rings is 6. The van der Waals surface area contributed by atoms with Crippen LogP contribution in [0.1, 0.15) is 114 Å². The van der Waals surface area contributed by atoms with E-state index in [0.717, 1.165) is 72.5 Å². The van der Waals surface area contributed by atoms with Crippen molar-refractivity contribution in [3.05, 3.63) is 180 Å². The van der Waals surface area contributed by atoms with Gasteiger partial charge in [-0.3, -0.25) is 9.55 Å². The standard InChI is InChI=1S/C57H56N3O.Pt/c1-37-16-18-42(19-17-37)43-30-31-58-51(35-43)45-32-44(33-47(34-45)57(5,6)7)49-14-11-15-52-54(49)59-55(50-36-46(56(2,3)4)26-29-53(50)61)60(52)48-27-24-41(25-28-48)40-22-20-39(21-23-40)38-12-9-8-10-13-38;/h8-19,24-31,33-36,39-40,61H,20-23H2,1-7H3;/q-1;/i1D3,39D,40D;. The number of rotatable bonds is 7. The first-order chi connectivity index (χ1) is 31.2. The summed E-state index contributed by atoms with van der Waals surface area (Å²) >= 11 is 0. The summed E-state index contributed by atoms with van der Waals surface area (Å²) < 4.78 is 44.5. The largest absolute Gasteiger partial charge is 0.507 e. The fourth-order valence-corrected chi connectivity index (χ4v) is 8.60. The maximum atomic E-state index is 11.6. The van der Waals surface area contributed by atoms with Crippen molar-refractivity contribution >= 4 is 11.0 Å². The number of nitrogens with zero attached hydrogens (tertiary/aromatic N) is 3. The maximum absolute atomic E-state index is 11.6. The predicted molar refractivity (Wildman–Crippen MR) is 254 cm³/mol. The molecule has 4 nitrogen and oxygen atoms in total. The van der Waals surface area contributed by atoms with Gasteiger partial charge in [0.25, 0.3) is 0 Å². The van der Waals surface area contributed by atoms with E-state index in [2.05, 4.69) is 101 Å². The second-order valence-electron chi connectivity index (χ2n) is 18.5. The summed E-state index contributed by atoms with van der Waals surface area (Å²) in [5, 5.41) is 11.6. The van der Waals surface area contributed by atoms with E-state index in [9.17, 15) is 7.85 Å². The fourth-order valence-electron chi connectivity index (χ4n) is 8.60. The average Bonchev–Trinajstić information content (AvgIpc) is 3.69. The van der Waals surface area contributed by atoms with Gasteiger partial charge in [0.2, 0.25) is 0 Å². The van der Waals surface area contributed by atoms with Gasteiger partial charge < -0.3 is 5.11 Å². The molecule has 1 aliphatic rings. The molecule has 9 rings (SSSR count). The molecule has 0 bridgehead atoms. The van der Waals surface area contributed by atoms with Crippen LogP contribution >= 0.6 is 0 Å². The van der Waals surface area contributed by atoms with Gasteiger partial charge in [-0.05, 0) is 119 Å². The van der Waals surface area contributed by atoms with Crippen LogP contribution in [0.5, 0.6) is 5.75 Å². The summed E-state index contributed by atoms with van der Waals surface area (Å²) in [6.45, 7) is 10.9. The summed E-state index contributed by atoms with van der Waals surface area (Å²) in [7, 11) is 0. The Morgan fingerprint density at radius 1 is 0.645 bits per heavy atom. The molecule has 1 N–H and O–H groups in total. The minimum absolute atomic E-state index is 0. The zero-order chi connectivity index (χ0) is 46.8. The third kappa shape index (κ3) is 8.73. The Morgan fingerprint density at radius 3 is 1.97 bits per heavy atom. The molecule has 2 heterocycles. The van der Waals surface area contributed by atoms with E-state index in [1.54, 1.807) is 24.4 Å². The van der Waals surface area contributed by atoms with Crippen molar-refractivity contribution in [3.8, 4) is 56.3 Å². The molecule has 0 radical (unpaired) electrons. The third-order valence-corrected chi connectivity index (χ3v) is 12.2. The van der Waals surface area contributed by atoms with E-state index in [4.69, 9.17) is 14.1 Å². The molecule has 0 unspecified atom stereocenters. The van der Waals surface area contributed by atoms with E-state index in [1.165, 1.54) is 0 Å². The van der Waals surface area contributed by atoms with Gasteiger partial charge in [-0.25, -0.2) is 4.98 Å². The van der Waals surface area contributed by atoms with Crippen molar-refractivity contribution in [3.63, 3.8) is 0 Å². The number of fused-ring (bicyclic) bond motifs is 1. The number of aromatic nitrogens is 3. The molecule has 0 spiro atoms. The first-order valence-electron chi connectivity index (χ1n) is 23.9. The van der Waals surface area contributed by atoms with E-state index in [0.29, 0.717) is 42.6 Å². The van der Waals surface area contributed by atoms with Gasteiger partial charge in [0.05, 0.1) is 16.6 Å². The Labute approximate surface area is 389 Å². The second-order valence-corrected chi connectivity index (χ2v) is 18.5. The van der Waals surface area contributed by atoms with E-state index in [1.807, 2.05) is 72.8 Å². The molecule has 0 aliphatic heterocycles. The van der Waals surface area contributed by atoms with Gasteiger partial charge in [-0.15, -0.1) is 29.3 Å². The van der Waals surface area contributed by atoms with Crippen molar-refractivity contribution in [1.82, 2.24) is 14.5 Å². The van der Waals surface area contributed by atoms with Crippen molar-refractivity contribution in [2.24, 2.45) is 0 Å². The van der Waals surface area contributed by atoms with Crippen molar-refractivity contribution in [2.45, 2.75) is 96.7 Å². The molecule has 62 heavy (non-hydrogen) atoms. The average molecular weight is 999 g/mol. The van der Waals surface area contributed by atoms with Gasteiger partial charge in [-0.1, -0.05) is 149 Å². The molecule has 8 aromatic rings. The summed E-state index contributed by atoms with van der Waals surface area (Å²) in [6.07, 6.45) is 4.19. The van der Waals surface area contributed by atoms with Crippen molar-refractivity contribution in [1.29, 1.82) is 0 Å². The first kappa shape index (κ1) is 37.0. The molecule has 0 saturated heterocycles. The minimum Gasteiger partial charge on any atom is -0.507 e. The summed E-state index contributed by atoms with van der Waals surface area (Å²) in [6, 6.07) is 49.3. The Kier molecular flexibility index (Phi) is 10.3. The quantitative estimate of drug-likeness (QED) is 0.162. The normalized spacial score (nSPS) is 19.4. The SMILES string of the molecule is [2H]C([2H])([2H])c1ccc(-c2ccnc(-c3[c-]c(-c4cccc5c4nc(-c4cc(C(C)(C)C)ccc4O)n5-c4ccc(C5([2H])CCC([2H])(c6ccccc6)CC5)cc4)cc(C(C)(C)C)c3)c2)cc1.[Pt]. The van der Waals surface area contributed by atoms with E-state index in [-0.39, 0.29) is 37.6 Å². The third-order valence-electron chi connectivity index (χ3n) is 12.2. The molecular formula is C57H56N3OPt-. The van der Waals surface area contributed by atoms with Gasteiger partial charge in [0.15, 0.2) is 0 Å². The molecule has 1 fully saturated rings. The Hall–Kier alpha value is -5.57. The minimum atomic E-state index is -2.18. The maximum Gasteiger partial charge on any atom is 0.148 e. The van der Waals surface area contributed by atoms with Crippen LogP contribution in [0.15, 0.2) is 146 Å². The van der Waals surface area contributed by atoms with Crippen LogP contribution in [-0.2, 0) is 31.9 Å². The Balaban J connectivity index is 0.00000608. The number of pyridine rings is 1. The van der Waals surface area contributed by atoms with E-state index < -0.39 is 18.6 Å². The zero-order valence-electron chi connectivity index (χ0n) is 41.3. The first-order valence-corrected chi connectivity index (χ1v) is 21.4. The number of hydrogen-bond donors (Lipinski definition) is 1. The summed E-state index contributed by atoms with van der Waals surface area (Å²) in [4.78, 5) is 10.3. The molecule has 0 atom stereocenters. The van der Waals surface area contributed by atoms with Crippen LogP contribution in [0, 0.1) is 12.9 Å². The molecule has 6 aromatic carbocycles. The monoisotopic (exact) mass is 998 g/mol. The van der Waals surface area contributed by atoms with Gasteiger partial charge in [-0.2, -0.15) is 0 Å². The van der Waals surface area contributed by atoms with Crippen molar-refractivity contribution in [2.75, 3.05) is 0 Å². The zero-order valence-corrected chi connectivity index (χ0v) is 38.6. The molecule has 316 valence electrons. The Morgan fingerprint density at radius 2 is 1.31 bits per heavy atom. The fraction of sp³-hybridized carbons (Fsp3) is 0.263. The number of hydrogen-bond acceptors (Lipinski definition) is 3. The number of phenolic OH excluding ortho intramolecular Hbond substituents is 1. The van der Waals surface area contributed by atoms with Crippen LogP contribution in [-0.4, -0.2) is 19.6 Å². The van der Waals surface area contributed by atoms with Crippen LogP contribution in [0.3, 0.4) is 0 Å². The number of para-hydroxylation sites is 1. The number of aromatic hydroxyl groups is 1. The van der Waals surface area contributed by atoms with Gasteiger partial charge in [0.1, 0.15) is 11.6 Å². The van der Waals surface area contributed by atoms with Crippen LogP contribution < -0.4 is 0 Å². The Bertz CT molecular complexity index is 3070. The molecule has 5 heteroatoms. The van der Waals surface area contributed by atoms with Crippen LogP contribution in [0.25, 0.3) is 61.6 Å².